The molecule has 1 unspecified atom stereocenters. The van der Waals surface area contributed by atoms with Gasteiger partial charge in [-0.25, -0.2) is 0 Å². The van der Waals surface area contributed by atoms with Crippen LogP contribution in [0.4, 0.5) is 0 Å². The van der Waals surface area contributed by atoms with E-state index >= 15 is 0 Å². The van der Waals surface area contributed by atoms with Crippen LogP contribution in [-0.2, 0) is 11.3 Å². The number of phenolic OH excluding ortho intramolecular Hbond substituents is 1. The Kier molecular flexibility index (Phi) is 4.88. The molecule has 1 amide bonds. The lowest BCUT2D eigenvalue weighted by molar-refractivity contribution is -0.119. The van der Waals surface area contributed by atoms with Crippen molar-refractivity contribution >= 4 is 28.4 Å². The minimum Gasteiger partial charge on any atom is -0.505 e. The van der Waals surface area contributed by atoms with Crippen LogP contribution in [0.15, 0.2) is 48.7 Å². The summed E-state index contributed by atoms with van der Waals surface area (Å²) in [6.07, 6.45) is 1.59. The van der Waals surface area contributed by atoms with Crippen LogP contribution >= 0.6 is 11.6 Å². The van der Waals surface area contributed by atoms with Gasteiger partial charge in [0.1, 0.15) is 11.3 Å². The number of aromatic hydroxyl groups is 1. The molecule has 1 atom stereocenters. The number of fused-ring (bicyclic) bond motifs is 1. The molecule has 0 fully saturated rings. The molecule has 5 nitrogen and oxygen atoms in total. The second kappa shape index (κ2) is 7.09. The van der Waals surface area contributed by atoms with Crippen molar-refractivity contribution in [3.05, 3.63) is 70.4 Å². The van der Waals surface area contributed by atoms with Crippen molar-refractivity contribution in [2.75, 3.05) is 0 Å². The third-order valence-corrected chi connectivity index (χ3v) is 4.37. The van der Waals surface area contributed by atoms with Crippen LogP contribution in [0, 0.1) is 0 Å². The number of hydrogen-bond donors (Lipinski definition) is 3. The van der Waals surface area contributed by atoms with E-state index in [4.69, 9.17) is 17.3 Å². The van der Waals surface area contributed by atoms with E-state index < -0.39 is 6.04 Å². The third-order valence-electron chi connectivity index (χ3n) is 4.05. The number of halogens is 1. The van der Waals surface area contributed by atoms with Crippen molar-refractivity contribution in [1.82, 2.24) is 10.3 Å². The van der Waals surface area contributed by atoms with Crippen molar-refractivity contribution in [2.24, 2.45) is 5.73 Å². The highest BCUT2D eigenvalue weighted by Crippen LogP contribution is 2.38. The number of nitrogens with zero attached hydrogens (tertiary/aromatic N) is 1. The molecule has 6 heteroatoms. The number of carbonyl (C=O) groups is 1. The maximum Gasteiger partial charge on any atom is 0.217 e. The Morgan fingerprint density at radius 1 is 1.32 bits per heavy atom. The first kappa shape index (κ1) is 17.2. The van der Waals surface area contributed by atoms with E-state index in [0.717, 1.165) is 11.1 Å². The molecule has 3 aromatic rings. The van der Waals surface area contributed by atoms with Crippen molar-refractivity contribution in [2.45, 2.75) is 19.5 Å². The van der Waals surface area contributed by atoms with Gasteiger partial charge in [0.2, 0.25) is 5.91 Å². The fourth-order valence-corrected chi connectivity index (χ4v) is 3.09. The van der Waals surface area contributed by atoms with E-state index in [2.05, 4.69) is 10.3 Å². The Labute approximate surface area is 150 Å². The van der Waals surface area contributed by atoms with Gasteiger partial charge in [-0.05, 0) is 29.3 Å². The van der Waals surface area contributed by atoms with Gasteiger partial charge >= 0.3 is 0 Å². The number of benzene rings is 2. The molecule has 0 spiro atoms. The summed E-state index contributed by atoms with van der Waals surface area (Å²) in [5.41, 5.74) is 8.33. The fraction of sp³-hybridized carbons (Fsp3) is 0.158. The Morgan fingerprint density at radius 3 is 2.68 bits per heavy atom. The molecule has 1 aromatic heterocycles. The molecule has 0 saturated carbocycles. The standard InChI is InChI=1S/C19H18ClN3O2/c1-11(24)23-17(13-6-4-12(10-21)5-7-13)15-9-16(20)14-3-2-8-22-18(14)19(15)25/h2-9,17,25H,10,21H2,1H3,(H,23,24). The monoisotopic (exact) mass is 355 g/mol. The molecule has 4 N–H and O–H groups in total. The predicted octanol–water partition coefficient (Wildman–Crippen LogP) is 3.28. The van der Waals surface area contributed by atoms with Crippen LogP contribution < -0.4 is 11.1 Å². The number of carbonyl (C=O) groups excluding carboxylic acids is 1. The molecular formula is C19H18ClN3O2. The maximum atomic E-state index is 11.7. The number of amides is 1. The first-order chi connectivity index (χ1) is 12.0. The number of pyridine rings is 1. The molecule has 128 valence electrons. The number of rotatable bonds is 4. The molecule has 25 heavy (non-hydrogen) atoms. The zero-order valence-electron chi connectivity index (χ0n) is 13.7. The van der Waals surface area contributed by atoms with Crippen LogP contribution in [0.25, 0.3) is 10.9 Å². The van der Waals surface area contributed by atoms with Gasteiger partial charge in [-0.3, -0.25) is 9.78 Å². The molecule has 0 radical (unpaired) electrons. The molecule has 0 aliphatic heterocycles. The summed E-state index contributed by atoms with van der Waals surface area (Å²) in [4.78, 5) is 15.9. The molecule has 0 saturated heterocycles. The average molecular weight is 356 g/mol. The van der Waals surface area contributed by atoms with Gasteiger partial charge in [0.25, 0.3) is 0 Å². The van der Waals surface area contributed by atoms with Gasteiger partial charge in [-0.1, -0.05) is 35.9 Å². The van der Waals surface area contributed by atoms with E-state index in [-0.39, 0.29) is 11.7 Å². The highest BCUT2D eigenvalue weighted by Gasteiger charge is 2.22. The van der Waals surface area contributed by atoms with Crippen molar-refractivity contribution < 1.29 is 9.90 Å². The van der Waals surface area contributed by atoms with Crippen molar-refractivity contribution in [1.29, 1.82) is 0 Å². The number of nitrogens with one attached hydrogen (secondary N) is 1. The van der Waals surface area contributed by atoms with Crippen LogP contribution in [0.3, 0.4) is 0 Å². The lowest BCUT2D eigenvalue weighted by Gasteiger charge is -2.21. The van der Waals surface area contributed by atoms with E-state index in [9.17, 15) is 9.90 Å². The lowest BCUT2D eigenvalue weighted by atomic mass is 9.95. The third kappa shape index (κ3) is 3.43. The van der Waals surface area contributed by atoms with E-state index in [1.165, 1.54) is 6.92 Å². The minimum absolute atomic E-state index is 0.00153. The van der Waals surface area contributed by atoms with Crippen molar-refractivity contribution in [3.8, 4) is 5.75 Å². The van der Waals surface area contributed by atoms with Crippen LogP contribution in [0.1, 0.15) is 29.7 Å². The molecule has 0 bridgehead atoms. The second-order valence-corrected chi connectivity index (χ2v) is 6.18. The summed E-state index contributed by atoms with van der Waals surface area (Å²) in [5.74, 6) is -0.216. The summed E-state index contributed by atoms with van der Waals surface area (Å²) in [7, 11) is 0. The molecule has 0 aliphatic rings. The zero-order chi connectivity index (χ0) is 18.0. The number of aromatic nitrogens is 1. The molecule has 0 aliphatic carbocycles. The number of nitrogens with two attached hydrogens (primary N) is 1. The summed E-state index contributed by atoms with van der Waals surface area (Å²) in [6.45, 7) is 1.86. The Bertz CT molecular complexity index is 926. The topological polar surface area (TPSA) is 88.2 Å². The first-order valence-electron chi connectivity index (χ1n) is 7.83. The summed E-state index contributed by atoms with van der Waals surface area (Å²) >= 11 is 6.37. The van der Waals surface area contributed by atoms with Gasteiger partial charge in [0.15, 0.2) is 0 Å². The van der Waals surface area contributed by atoms with Gasteiger partial charge < -0.3 is 16.2 Å². The highest BCUT2D eigenvalue weighted by atomic mass is 35.5. The second-order valence-electron chi connectivity index (χ2n) is 5.78. The quantitative estimate of drug-likeness (QED) is 0.670. The van der Waals surface area contributed by atoms with Crippen LogP contribution in [-0.4, -0.2) is 16.0 Å². The Balaban J connectivity index is 2.17. The van der Waals surface area contributed by atoms with Gasteiger partial charge in [-0.2, -0.15) is 0 Å². The predicted molar refractivity (Wildman–Crippen MR) is 98.4 cm³/mol. The Hall–Kier alpha value is -2.63. The van der Waals surface area contributed by atoms with Crippen molar-refractivity contribution in [3.63, 3.8) is 0 Å². The van der Waals surface area contributed by atoms with E-state index in [0.29, 0.717) is 28.0 Å². The first-order valence-corrected chi connectivity index (χ1v) is 8.21. The number of phenols is 1. The van der Waals surface area contributed by atoms with Crippen LogP contribution in [0.2, 0.25) is 5.02 Å². The maximum absolute atomic E-state index is 11.7. The number of hydrogen-bond acceptors (Lipinski definition) is 4. The molecule has 3 rings (SSSR count). The largest absolute Gasteiger partial charge is 0.505 e. The normalized spacial score (nSPS) is 12.1. The Morgan fingerprint density at radius 2 is 2.04 bits per heavy atom. The van der Waals surface area contributed by atoms with Crippen LogP contribution in [0.5, 0.6) is 5.75 Å². The fourth-order valence-electron chi connectivity index (χ4n) is 2.82. The molecule has 1 heterocycles. The summed E-state index contributed by atoms with van der Waals surface area (Å²) in [5, 5.41) is 14.7. The zero-order valence-corrected chi connectivity index (χ0v) is 14.4. The molecular weight excluding hydrogens is 338 g/mol. The average Bonchev–Trinajstić information content (AvgIpc) is 2.63. The minimum atomic E-state index is -0.548. The van der Waals surface area contributed by atoms with Gasteiger partial charge in [0.05, 0.1) is 11.1 Å². The van der Waals surface area contributed by atoms with E-state index in [1.54, 1.807) is 24.4 Å². The lowest BCUT2D eigenvalue weighted by Crippen LogP contribution is -2.27. The summed E-state index contributed by atoms with van der Waals surface area (Å²) in [6, 6.07) is 12.2. The van der Waals surface area contributed by atoms with Gasteiger partial charge in [-0.15, -0.1) is 0 Å². The molecule has 2 aromatic carbocycles. The van der Waals surface area contributed by atoms with Gasteiger partial charge in [0, 0.05) is 30.6 Å². The smallest absolute Gasteiger partial charge is 0.217 e. The summed E-state index contributed by atoms with van der Waals surface area (Å²) < 4.78 is 0. The van der Waals surface area contributed by atoms with E-state index in [1.807, 2.05) is 24.3 Å². The highest BCUT2D eigenvalue weighted by molar-refractivity contribution is 6.35. The SMILES string of the molecule is CC(=O)NC(c1ccc(CN)cc1)c1cc(Cl)c2cccnc2c1O.